The summed E-state index contributed by atoms with van der Waals surface area (Å²) >= 11 is 0. The van der Waals surface area contributed by atoms with Crippen LogP contribution in [0.25, 0.3) is 0 Å². The number of ether oxygens (including phenoxy) is 1. The van der Waals surface area contributed by atoms with E-state index in [4.69, 9.17) is 0 Å². The van der Waals surface area contributed by atoms with E-state index in [1.165, 1.54) is 12.3 Å². The molecule has 1 aromatic rings. The van der Waals surface area contributed by atoms with Crippen LogP contribution in [0.2, 0.25) is 0 Å². The molecule has 2 N–H and O–H groups in total. The predicted octanol–water partition coefficient (Wildman–Crippen LogP) is 1.28. The van der Waals surface area contributed by atoms with Gasteiger partial charge in [-0.1, -0.05) is 0 Å². The Bertz CT molecular complexity index is 430. The molecule has 1 heterocycles. The van der Waals surface area contributed by atoms with E-state index in [0.717, 1.165) is 0 Å². The van der Waals surface area contributed by atoms with E-state index in [-0.39, 0.29) is 37.3 Å². The summed E-state index contributed by atoms with van der Waals surface area (Å²) in [6, 6.07) is 2.94. The van der Waals surface area contributed by atoms with Crippen LogP contribution in [-0.4, -0.2) is 37.3 Å². The summed E-state index contributed by atoms with van der Waals surface area (Å²) in [5, 5.41) is 5.27. The number of alkyl halides is 3. The molecule has 1 rings (SSSR count). The minimum atomic E-state index is -4.40. The van der Waals surface area contributed by atoms with Crippen LogP contribution in [0.4, 0.5) is 13.2 Å². The monoisotopic (exact) mass is 313 g/mol. The zero-order valence-electron chi connectivity index (χ0n) is 10.7. The average molecular weight is 314 g/mol. The molecule has 0 atom stereocenters. The molecule has 0 saturated carbocycles. The lowest BCUT2D eigenvalue weighted by atomic mass is 10.2. The number of carbonyl (C=O) groups is 1. The summed E-state index contributed by atoms with van der Waals surface area (Å²) in [4.78, 5) is 14.8. The molecule has 20 heavy (non-hydrogen) atoms. The molecular weight excluding hydrogens is 299 g/mol. The molecule has 0 spiro atoms. The van der Waals surface area contributed by atoms with Crippen LogP contribution < -0.4 is 15.4 Å². The van der Waals surface area contributed by atoms with Crippen LogP contribution >= 0.6 is 12.4 Å². The summed E-state index contributed by atoms with van der Waals surface area (Å²) in [6.07, 6.45) is -3.08. The maximum atomic E-state index is 12.0. The topological polar surface area (TPSA) is 63.2 Å². The molecule has 9 heteroatoms. The summed E-state index contributed by atoms with van der Waals surface area (Å²) in [5.41, 5.74) is 0.608. The van der Waals surface area contributed by atoms with E-state index in [1.807, 2.05) is 0 Å². The summed E-state index contributed by atoms with van der Waals surface area (Å²) in [6.45, 7) is -1.02. The van der Waals surface area contributed by atoms with Crippen molar-refractivity contribution in [2.45, 2.75) is 12.7 Å². The lowest BCUT2D eigenvalue weighted by Crippen LogP contribution is -2.31. The number of pyridine rings is 1. The number of hydrogen-bond acceptors (Lipinski definition) is 4. The molecule has 0 bridgehead atoms. The molecule has 1 amide bonds. The first-order valence-electron chi connectivity index (χ1n) is 5.46. The highest BCUT2D eigenvalue weighted by Crippen LogP contribution is 2.17. The first-order valence-corrected chi connectivity index (χ1v) is 5.46. The van der Waals surface area contributed by atoms with Gasteiger partial charge in [-0.15, -0.1) is 12.4 Å². The third-order valence-electron chi connectivity index (χ3n) is 2.01. The number of aromatic nitrogens is 1. The van der Waals surface area contributed by atoms with Crippen LogP contribution in [0.15, 0.2) is 18.3 Å². The molecule has 0 fully saturated rings. The van der Waals surface area contributed by atoms with Gasteiger partial charge in [0.05, 0.1) is 6.54 Å². The van der Waals surface area contributed by atoms with Crippen molar-refractivity contribution in [3.8, 4) is 5.88 Å². The van der Waals surface area contributed by atoms with E-state index >= 15 is 0 Å². The Kier molecular flexibility index (Phi) is 7.93. The number of carbonyl (C=O) groups excluding carboxylic acids is 1. The Morgan fingerprint density at radius 3 is 2.75 bits per heavy atom. The number of nitrogens with one attached hydrogen (secondary N) is 2. The van der Waals surface area contributed by atoms with E-state index in [1.54, 1.807) is 13.1 Å². The van der Waals surface area contributed by atoms with Crippen LogP contribution in [0.3, 0.4) is 0 Å². The van der Waals surface area contributed by atoms with Gasteiger partial charge in [-0.05, 0) is 18.7 Å². The standard InChI is InChI=1S/C11H14F3N3O2.ClH/c1-15-6-9(18)17-5-8-2-3-16-10(4-8)19-7-11(12,13)14;/h2-4,15H,5-7H2,1H3,(H,17,18);1H. The summed E-state index contributed by atoms with van der Waals surface area (Å²) in [7, 11) is 1.63. The average Bonchev–Trinajstić information content (AvgIpc) is 2.34. The Labute approximate surface area is 120 Å². The summed E-state index contributed by atoms with van der Waals surface area (Å²) in [5.74, 6) is -0.338. The minimum absolute atomic E-state index is 0. The van der Waals surface area contributed by atoms with Gasteiger partial charge in [0, 0.05) is 18.8 Å². The number of amides is 1. The molecular formula is C11H15ClF3N3O2. The minimum Gasteiger partial charge on any atom is -0.468 e. The fraction of sp³-hybridized carbons (Fsp3) is 0.455. The highest BCUT2D eigenvalue weighted by Gasteiger charge is 2.28. The van der Waals surface area contributed by atoms with E-state index < -0.39 is 12.8 Å². The van der Waals surface area contributed by atoms with Gasteiger partial charge in [-0.2, -0.15) is 13.2 Å². The molecule has 5 nitrogen and oxygen atoms in total. The molecule has 114 valence electrons. The van der Waals surface area contributed by atoms with Gasteiger partial charge >= 0.3 is 6.18 Å². The highest BCUT2D eigenvalue weighted by molar-refractivity contribution is 5.85. The second kappa shape index (κ2) is 8.60. The molecule has 0 aliphatic carbocycles. The Morgan fingerprint density at radius 2 is 2.15 bits per heavy atom. The van der Waals surface area contributed by atoms with Gasteiger partial charge in [-0.3, -0.25) is 4.79 Å². The van der Waals surface area contributed by atoms with Crippen molar-refractivity contribution in [2.75, 3.05) is 20.2 Å². The van der Waals surface area contributed by atoms with Crippen LogP contribution in [0.1, 0.15) is 5.56 Å². The normalized spacial score (nSPS) is 10.6. The lowest BCUT2D eigenvalue weighted by molar-refractivity contribution is -0.154. The molecule has 1 aromatic heterocycles. The maximum absolute atomic E-state index is 12.0. The van der Waals surface area contributed by atoms with Gasteiger partial charge in [0.2, 0.25) is 11.8 Å². The zero-order chi connectivity index (χ0) is 14.3. The largest absolute Gasteiger partial charge is 0.468 e. The Morgan fingerprint density at radius 1 is 1.45 bits per heavy atom. The van der Waals surface area contributed by atoms with Crippen LogP contribution in [0.5, 0.6) is 5.88 Å². The molecule has 0 radical (unpaired) electrons. The zero-order valence-corrected chi connectivity index (χ0v) is 11.5. The van der Waals surface area contributed by atoms with Crippen LogP contribution in [0, 0.1) is 0 Å². The second-order valence-corrected chi connectivity index (χ2v) is 3.71. The van der Waals surface area contributed by atoms with Crippen molar-refractivity contribution in [2.24, 2.45) is 0 Å². The van der Waals surface area contributed by atoms with Crippen molar-refractivity contribution in [3.63, 3.8) is 0 Å². The maximum Gasteiger partial charge on any atom is 0.422 e. The fourth-order valence-electron chi connectivity index (χ4n) is 1.22. The molecule has 0 saturated heterocycles. The summed E-state index contributed by atoms with van der Waals surface area (Å²) < 4.78 is 40.4. The Hall–Kier alpha value is -1.54. The van der Waals surface area contributed by atoms with Crippen molar-refractivity contribution < 1.29 is 22.7 Å². The first kappa shape index (κ1) is 18.5. The molecule has 0 aliphatic rings. The smallest absolute Gasteiger partial charge is 0.422 e. The van der Waals surface area contributed by atoms with Gasteiger partial charge in [0.1, 0.15) is 0 Å². The number of halogens is 4. The van der Waals surface area contributed by atoms with Gasteiger partial charge in [0.25, 0.3) is 0 Å². The number of likely N-dealkylation sites (N-methyl/N-ethyl adjacent to an activating group) is 1. The van der Waals surface area contributed by atoms with Crippen molar-refractivity contribution >= 4 is 18.3 Å². The number of nitrogens with zero attached hydrogens (tertiary/aromatic N) is 1. The highest BCUT2D eigenvalue weighted by atomic mass is 35.5. The SMILES string of the molecule is CNCC(=O)NCc1ccnc(OCC(F)(F)F)c1.Cl. The first-order chi connectivity index (χ1) is 8.90. The number of hydrogen-bond donors (Lipinski definition) is 2. The van der Waals surface area contributed by atoms with E-state index in [9.17, 15) is 18.0 Å². The number of rotatable bonds is 6. The third kappa shape index (κ3) is 7.80. The molecule has 0 aromatic carbocycles. The predicted molar refractivity (Wildman–Crippen MR) is 68.8 cm³/mol. The van der Waals surface area contributed by atoms with E-state index in [2.05, 4.69) is 20.4 Å². The van der Waals surface area contributed by atoms with Crippen molar-refractivity contribution in [1.82, 2.24) is 15.6 Å². The second-order valence-electron chi connectivity index (χ2n) is 3.71. The van der Waals surface area contributed by atoms with Gasteiger partial charge in [0.15, 0.2) is 6.61 Å². The van der Waals surface area contributed by atoms with Crippen molar-refractivity contribution in [3.05, 3.63) is 23.9 Å². The third-order valence-corrected chi connectivity index (χ3v) is 2.01. The quantitative estimate of drug-likeness (QED) is 0.830. The molecule has 0 aliphatic heterocycles. The fourth-order valence-corrected chi connectivity index (χ4v) is 1.22. The van der Waals surface area contributed by atoms with Crippen LogP contribution in [-0.2, 0) is 11.3 Å². The van der Waals surface area contributed by atoms with E-state index in [0.29, 0.717) is 5.56 Å². The lowest BCUT2D eigenvalue weighted by Gasteiger charge is -2.09. The van der Waals surface area contributed by atoms with Gasteiger partial charge in [-0.25, -0.2) is 4.98 Å². The Balaban J connectivity index is 0.00000361. The molecule has 0 unspecified atom stereocenters. The van der Waals surface area contributed by atoms with Crippen molar-refractivity contribution in [1.29, 1.82) is 0 Å². The van der Waals surface area contributed by atoms with Gasteiger partial charge < -0.3 is 15.4 Å².